The van der Waals surface area contributed by atoms with E-state index in [1.54, 1.807) is 0 Å². The summed E-state index contributed by atoms with van der Waals surface area (Å²) < 4.78 is 31.7. The largest absolute Gasteiger partial charge is 0.381 e. The minimum absolute atomic E-state index is 0.0114. The van der Waals surface area contributed by atoms with Crippen molar-refractivity contribution in [2.75, 3.05) is 26.0 Å². The fourth-order valence-electron chi connectivity index (χ4n) is 4.08. The molecule has 146 valence electrons. The van der Waals surface area contributed by atoms with Gasteiger partial charge in [-0.15, -0.1) is 0 Å². The third-order valence-electron chi connectivity index (χ3n) is 5.23. The number of nitrogens with one attached hydrogen (secondary N) is 2. The van der Waals surface area contributed by atoms with Crippen LogP contribution in [0.1, 0.15) is 31.1 Å². The Hall–Kier alpha value is -1.81. The van der Waals surface area contributed by atoms with Crippen molar-refractivity contribution in [3.05, 3.63) is 36.2 Å². The predicted molar refractivity (Wildman–Crippen MR) is 101 cm³/mol. The molecule has 1 aromatic carbocycles. The second kappa shape index (κ2) is 7.67. The fourth-order valence-corrected chi connectivity index (χ4v) is 4.85. The maximum absolute atomic E-state index is 11.7. The van der Waals surface area contributed by atoms with Gasteiger partial charge in [0.15, 0.2) is 5.82 Å². The van der Waals surface area contributed by atoms with Crippen LogP contribution in [-0.4, -0.2) is 66.6 Å². The Labute approximate surface area is 159 Å². The Bertz CT molecular complexity index is 864. The van der Waals surface area contributed by atoms with Crippen LogP contribution in [-0.2, 0) is 14.8 Å². The number of nitrogens with zero attached hydrogens (tertiary/aromatic N) is 3. The summed E-state index contributed by atoms with van der Waals surface area (Å²) in [6.07, 6.45) is 3.78. The monoisotopic (exact) mass is 391 g/mol. The van der Waals surface area contributed by atoms with Crippen LogP contribution in [0.25, 0.3) is 11.4 Å². The van der Waals surface area contributed by atoms with Gasteiger partial charge in [0.1, 0.15) is 5.82 Å². The smallest absolute Gasteiger partial charge is 0.208 e. The van der Waals surface area contributed by atoms with E-state index in [0.29, 0.717) is 24.8 Å². The molecule has 2 aliphatic heterocycles. The Morgan fingerprint density at radius 2 is 1.96 bits per heavy atom. The van der Waals surface area contributed by atoms with Gasteiger partial charge in [-0.1, -0.05) is 30.3 Å². The van der Waals surface area contributed by atoms with Gasteiger partial charge < -0.3 is 4.74 Å². The van der Waals surface area contributed by atoms with E-state index >= 15 is 0 Å². The maximum atomic E-state index is 11.7. The van der Waals surface area contributed by atoms with E-state index in [0.717, 1.165) is 37.4 Å². The molecule has 0 amide bonds. The van der Waals surface area contributed by atoms with Crippen LogP contribution >= 0.6 is 0 Å². The first-order chi connectivity index (χ1) is 13.0. The van der Waals surface area contributed by atoms with Crippen LogP contribution in [0, 0.1) is 0 Å². The number of hydrogen-bond donors (Lipinski definition) is 2. The highest BCUT2D eigenvalue weighted by Crippen LogP contribution is 2.35. The van der Waals surface area contributed by atoms with Crippen LogP contribution < -0.4 is 4.72 Å². The van der Waals surface area contributed by atoms with Crippen LogP contribution in [0.3, 0.4) is 0 Å². The molecule has 1 aromatic heterocycles. The topological polar surface area (TPSA) is 100 Å². The van der Waals surface area contributed by atoms with E-state index in [1.807, 2.05) is 30.3 Å². The van der Waals surface area contributed by atoms with Gasteiger partial charge in [-0.3, -0.25) is 10.00 Å². The van der Waals surface area contributed by atoms with Gasteiger partial charge in [0, 0.05) is 37.4 Å². The lowest BCUT2D eigenvalue weighted by atomic mass is 10.1. The molecule has 2 N–H and O–H groups in total. The molecule has 2 atom stereocenters. The van der Waals surface area contributed by atoms with E-state index in [9.17, 15) is 8.42 Å². The number of sulfonamides is 1. The molecule has 4 rings (SSSR count). The van der Waals surface area contributed by atoms with Gasteiger partial charge in [0.05, 0.1) is 12.3 Å². The Kier molecular flexibility index (Phi) is 5.27. The van der Waals surface area contributed by atoms with Crippen molar-refractivity contribution < 1.29 is 13.2 Å². The SMILES string of the molecule is CS(=O)(=O)N[C@H]1C[C@@H](c2nc(-c3ccccc3)n[nH]2)N(C2CCOCC2)C1. The summed E-state index contributed by atoms with van der Waals surface area (Å²) in [5.41, 5.74) is 0.960. The first-order valence-corrected chi connectivity index (χ1v) is 11.2. The van der Waals surface area contributed by atoms with Crippen LogP contribution in [0.15, 0.2) is 30.3 Å². The molecule has 27 heavy (non-hydrogen) atoms. The molecule has 0 bridgehead atoms. The third kappa shape index (κ3) is 4.37. The lowest BCUT2D eigenvalue weighted by molar-refractivity contribution is 0.0275. The van der Waals surface area contributed by atoms with Crippen molar-refractivity contribution in [1.29, 1.82) is 0 Å². The minimum atomic E-state index is -3.25. The number of likely N-dealkylation sites (tertiary alicyclic amines) is 1. The number of rotatable bonds is 5. The molecule has 2 aliphatic rings. The van der Waals surface area contributed by atoms with Gasteiger partial charge in [-0.05, 0) is 19.3 Å². The summed E-state index contributed by atoms with van der Waals surface area (Å²) in [6, 6.07) is 10.1. The highest BCUT2D eigenvalue weighted by Gasteiger charge is 2.40. The molecule has 2 fully saturated rings. The second-order valence-corrected chi connectivity index (χ2v) is 9.07. The molecular formula is C18H25N5O3S. The summed E-state index contributed by atoms with van der Waals surface area (Å²) in [4.78, 5) is 7.08. The molecule has 0 spiro atoms. The van der Waals surface area contributed by atoms with E-state index in [1.165, 1.54) is 6.26 Å². The summed E-state index contributed by atoms with van der Waals surface area (Å²) in [5.74, 6) is 1.45. The average molecular weight is 391 g/mol. The number of aromatic nitrogens is 3. The fraction of sp³-hybridized carbons (Fsp3) is 0.556. The van der Waals surface area contributed by atoms with Crippen molar-refractivity contribution in [2.24, 2.45) is 0 Å². The Morgan fingerprint density at radius 3 is 2.67 bits per heavy atom. The highest BCUT2D eigenvalue weighted by molar-refractivity contribution is 7.88. The van der Waals surface area contributed by atoms with Gasteiger partial charge in [-0.2, -0.15) is 5.10 Å². The molecule has 9 heteroatoms. The van der Waals surface area contributed by atoms with Crippen molar-refractivity contribution >= 4 is 10.0 Å². The molecule has 2 aromatic rings. The zero-order chi connectivity index (χ0) is 18.9. The van der Waals surface area contributed by atoms with Gasteiger partial charge in [-0.25, -0.2) is 18.1 Å². The molecule has 0 saturated carbocycles. The van der Waals surface area contributed by atoms with E-state index in [4.69, 9.17) is 9.72 Å². The van der Waals surface area contributed by atoms with E-state index in [2.05, 4.69) is 19.8 Å². The van der Waals surface area contributed by atoms with Crippen molar-refractivity contribution in [3.63, 3.8) is 0 Å². The quantitative estimate of drug-likeness (QED) is 0.797. The first-order valence-electron chi connectivity index (χ1n) is 9.28. The number of benzene rings is 1. The standard InChI is InChI=1S/C18H25N5O3S/c1-27(24,25)22-14-11-16(23(12-14)15-7-9-26-10-8-15)18-19-17(20-21-18)13-5-3-2-4-6-13/h2-6,14-16,22H,7-12H2,1H3,(H,19,20,21)/t14-,16-/m0/s1. The van der Waals surface area contributed by atoms with Gasteiger partial charge >= 0.3 is 0 Å². The van der Waals surface area contributed by atoms with E-state index in [-0.39, 0.29) is 12.1 Å². The predicted octanol–water partition coefficient (Wildman–Crippen LogP) is 1.32. The maximum Gasteiger partial charge on any atom is 0.208 e. The average Bonchev–Trinajstić information content (AvgIpc) is 3.29. The molecule has 0 radical (unpaired) electrons. The number of H-pyrrole nitrogens is 1. The lowest BCUT2D eigenvalue weighted by Crippen LogP contribution is -2.42. The summed E-state index contributed by atoms with van der Waals surface area (Å²) in [7, 11) is -3.25. The number of aromatic amines is 1. The molecule has 3 heterocycles. The first kappa shape index (κ1) is 18.5. The zero-order valence-corrected chi connectivity index (χ0v) is 16.2. The van der Waals surface area contributed by atoms with Gasteiger partial charge in [0.2, 0.25) is 10.0 Å². The second-order valence-electron chi connectivity index (χ2n) is 7.29. The minimum Gasteiger partial charge on any atom is -0.381 e. The van der Waals surface area contributed by atoms with Crippen molar-refractivity contribution in [2.45, 2.75) is 37.4 Å². The molecule has 0 aliphatic carbocycles. The number of ether oxygens (including phenoxy) is 1. The molecule has 2 saturated heterocycles. The van der Waals surface area contributed by atoms with Crippen LogP contribution in [0.4, 0.5) is 0 Å². The van der Waals surface area contributed by atoms with Crippen LogP contribution in [0.5, 0.6) is 0 Å². The molecule has 8 nitrogen and oxygen atoms in total. The molecular weight excluding hydrogens is 366 g/mol. The summed E-state index contributed by atoms with van der Waals surface area (Å²) in [6.45, 7) is 2.15. The highest BCUT2D eigenvalue weighted by atomic mass is 32.2. The normalized spacial score (nSPS) is 25.1. The Balaban J connectivity index is 1.58. The van der Waals surface area contributed by atoms with E-state index < -0.39 is 10.0 Å². The summed E-state index contributed by atoms with van der Waals surface area (Å²) in [5, 5.41) is 7.47. The van der Waals surface area contributed by atoms with Crippen molar-refractivity contribution in [1.82, 2.24) is 24.8 Å². The lowest BCUT2D eigenvalue weighted by Gasteiger charge is -2.34. The van der Waals surface area contributed by atoms with Crippen LogP contribution in [0.2, 0.25) is 0 Å². The zero-order valence-electron chi connectivity index (χ0n) is 15.3. The Morgan fingerprint density at radius 1 is 1.22 bits per heavy atom. The van der Waals surface area contributed by atoms with Crippen molar-refractivity contribution in [3.8, 4) is 11.4 Å². The third-order valence-corrected chi connectivity index (χ3v) is 5.99. The molecule has 0 unspecified atom stereocenters. The van der Waals surface area contributed by atoms with Gasteiger partial charge in [0.25, 0.3) is 0 Å². The summed E-state index contributed by atoms with van der Waals surface area (Å²) >= 11 is 0. The number of hydrogen-bond acceptors (Lipinski definition) is 6.